The van der Waals surface area contributed by atoms with Gasteiger partial charge < -0.3 is 10.1 Å². The summed E-state index contributed by atoms with van der Waals surface area (Å²) in [5.74, 6) is 1.69. The van der Waals surface area contributed by atoms with Crippen molar-refractivity contribution in [2.45, 2.75) is 45.1 Å². The molecule has 1 N–H and O–H groups in total. The minimum absolute atomic E-state index is 0.0533. The molecule has 162 valence electrons. The number of rotatable bonds is 10. The van der Waals surface area contributed by atoms with Gasteiger partial charge in [-0.3, -0.25) is 9.36 Å². The van der Waals surface area contributed by atoms with Crippen molar-refractivity contribution in [2.75, 3.05) is 5.75 Å². The van der Waals surface area contributed by atoms with Gasteiger partial charge in [-0.25, -0.2) is 0 Å². The third-order valence-electron chi connectivity index (χ3n) is 4.96. The number of allylic oxidation sites excluding steroid dienone is 1. The molecule has 0 fully saturated rings. The van der Waals surface area contributed by atoms with Crippen LogP contribution in [0.4, 0.5) is 0 Å². The van der Waals surface area contributed by atoms with E-state index in [0.717, 1.165) is 11.3 Å². The second kappa shape index (κ2) is 10.8. The molecule has 0 aliphatic heterocycles. The Kier molecular flexibility index (Phi) is 7.89. The molecule has 3 aromatic rings. The van der Waals surface area contributed by atoms with Crippen LogP contribution in [0.5, 0.6) is 5.75 Å². The summed E-state index contributed by atoms with van der Waals surface area (Å²) in [6.07, 6.45) is 1.78. The maximum Gasteiger partial charge on any atom is 0.230 e. The summed E-state index contributed by atoms with van der Waals surface area (Å²) < 4.78 is 7.83. The molecule has 0 saturated carbocycles. The lowest BCUT2D eigenvalue weighted by molar-refractivity contribution is -0.119. The summed E-state index contributed by atoms with van der Waals surface area (Å²) in [5, 5.41) is 12.2. The van der Waals surface area contributed by atoms with Gasteiger partial charge in [-0.1, -0.05) is 54.2 Å². The van der Waals surface area contributed by atoms with E-state index in [9.17, 15) is 4.79 Å². The molecule has 6 nitrogen and oxygen atoms in total. The molecule has 3 rings (SSSR count). The quantitative estimate of drug-likeness (QED) is 0.371. The normalized spacial score (nSPS) is 11.7. The fourth-order valence-corrected chi connectivity index (χ4v) is 3.81. The fourth-order valence-electron chi connectivity index (χ4n) is 3.03. The Hall–Kier alpha value is -3.06. The van der Waals surface area contributed by atoms with Crippen LogP contribution in [0.15, 0.2) is 66.3 Å². The molecule has 0 aliphatic carbocycles. The Morgan fingerprint density at radius 3 is 2.68 bits per heavy atom. The predicted molar refractivity (Wildman–Crippen MR) is 124 cm³/mol. The first kappa shape index (κ1) is 22.6. The monoisotopic (exact) mass is 436 g/mol. The number of nitrogens with zero attached hydrogens (tertiary/aromatic N) is 3. The summed E-state index contributed by atoms with van der Waals surface area (Å²) in [5.41, 5.74) is 3.47. The predicted octanol–water partition coefficient (Wildman–Crippen LogP) is 4.63. The Bertz CT molecular complexity index is 1030. The molecular formula is C24H28N4O2S. The van der Waals surface area contributed by atoms with Crippen molar-refractivity contribution >= 4 is 17.7 Å². The Morgan fingerprint density at radius 1 is 1.19 bits per heavy atom. The van der Waals surface area contributed by atoms with Crippen molar-refractivity contribution in [2.24, 2.45) is 0 Å². The lowest BCUT2D eigenvalue weighted by atomic mass is 10.1. The van der Waals surface area contributed by atoms with E-state index >= 15 is 0 Å². The number of aryl methyl sites for hydroxylation is 2. The van der Waals surface area contributed by atoms with E-state index in [1.54, 1.807) is 6.08 Å². The molecule has 31 heavy (non-hydrogen) atoms. The molecule has 1 unspecified atom stereocenters. The van der Waals surface area contributed by atoms with Gasteiger partial charge in [-0.2, -0.15) is 0 Å². The van der Waals surface area contributed by atoms with Crippen LogP contribution in [-0.4, -0.2) is 26.4 Å². The topological polar surface area (TPSA) is 69.0 Å². The van der Waals surface area contributed by atoms with Crippen molar-refractivity contribution in [3.63, 3.8) is 0 Å². The lowest BCUT2D eigenvalue weighted by Crippen LogP contribution is -2.28. The third kappa shape index (κ3) is 6.21. The zero-order chi connectivity index (χ0) is 22.2. The molecule has 1 atom stereocenters. The summed E-state index contributed by atoms with van der Waals surface area (Å²) in [7, 11) is 0. The second-order valence-electron chi connectivity index (χ2n) is 7.32. The SMILES string of the molecule is C=CCn1c(COc2ccc(C)c(C)c2)nnc1SCC(=O)NC(C)c1ccccc1. The highest BCUT2D eigenvalue weighted by Gasteiger charge is 2.15. The minimum Gasteiger partial charge on any atom is -0.486 e. The van der Waals surface area contributed by atoms with Crippen LogP contribution in [0.3, 0.4) is 0 Å². The Morgan fingerprint density at radius 2 is 1.97 bits per heavy atom. The molecule has 1 heterocycles. The Labute approximate surface area is 187 Å². The third-order valence-corrected chi connectivity index (χ3v) is 5.93. The van der Waals surface area contributed by atoms with Gasteiger partial charge in [0.15, 0.2) is 11.0 Å². The standard InChI is InChI=1S/C24H28N4O2S/c1-5-13-28-22(15-30-21-12-11-17(2)18(3)14-21)26-27-24(28)31-16-23(29)25-19(4)20-9-7-6-8-10-20/h5-12,14,19H,1,13,15-16H2,2-4H3,(H,25,29). The van der Waals surface area contributed by atoms with Gasteiger partial charge in [-0.15, -0.1) is 16.8 Å². The largest absolute Gasteiger partial charge is 0.486 e. The van der Waals surface area contributed by atoms with Crippen molar-refractivity contribution in [3.05, 3.63) is 83.7 Å². The van der Waals surface area contributed by atoms with Crippen molar-refractivity contribution < 1.29 is 9.53 Å². The van der Waals surface area contributed by atoms with E-state index in [2.05, 4.69) is 35.9 Å². The van der Waals surface area contributed by atoms with Crippen LogP contribution in [0.2, 0.25) is 0 Å². The highest BCUT2D eigenvalue weighted by atomic mass is 32.2. The van der Waals surface area contributed by atoms with Crippen LogP contribution in [0.1, 0.15) is 35.5 Å². The number of benzene rings is 2. The highest BCUT2D eigenvalue weighted by Crippen LogP contribution is 2.21. The van der Waals surface area contributed by atoms with E-state index in [-0.39, 0.29) is 17.7 Å². The molecule has 0 radical (unpaired) electrons. The zero-order valence-corrected chi connectivity index (χ0v) is 19.0. The van der Waals surface area contributed by atoms with Crippen molar-refractivity contribution in [3.8, 4) is 5.75 Å². The van der Waals surface area contributed by atoms with Crippen molar-refractivity contribution in [1.82, 2.24) is 20.1 Å². The average molecular weight is 437 g/mol. The van der Waals surface area contributed by atoms with Gasteiger partial charge in [0.25, 0.3) is 0 Å². The number of ether oxygens (including phenoxy) is 1. The molecule has 1 aromatic heterocycles. The molecule has 0 spiro atoms. The molecule has 2 aromatic carbocycles. The number of carbonyl (C=O) groups excluding carboxylic acids is 1. The van der Waals surface area contributed by atoms with Gasteiger partial charge >= 0.3 is 0 Å². The van der Waals surface area contributed by atoms with Crippen LogP contribution in [0, 0.1) is 13.8 Å². The highest BCUT2D eigenvalue weighted by molar-refractivity contribution is 7.99. The van der Waals surface area contributed by atoms with Gasteiger partial charge in [0, 0.05) is 6.54 Å². The summed E-state index contributed by atoms with van der Waals surface area (Å²) in [4.78, 5) is 12.4. The lowest BCUT2D eigenvalue weighted by Gasteiger charge is -2.14. The Balaban J connectivity index is 1.59. The first-order valence-corrected chi connectivity index (χ1v) is 11.2. The van der Waals surface area contributed by atoms with Crippen LogP contribution >= 0.6 is 11.8 Å². The smallest absolute Gasteiger partial charge is 0.230 e. The van der Waals surface area contributed by atoms with E-state index in [4.69, 9.17) is 4.74 Å². The first-order chi connectivity index (χ1) is 15.0. The maximum absolute atomic E-state index is 12.4. The number of amides is 1. The molecule has 1 amide bonds. The summed E-state index contributed by atoms with van der Waals surface area (Å²) in [6, 6.07) is 15.8. The van der Waals surface area contributed by atoms with Crippen molar-refractivity contribution in [1.29, 1.82) is 0 Å². The van der Waals surface area contributed by atoms with Gasteiger partial charge in [0.1, 0.15) is 12.4 Å². The number of aromatic nitrogens is 3. The van der Waals surface area contributed by atoms with E-state index in [1.165, 1.54) is 22.9 Å². The van der Waals surface area contributed by atoms with Crippen LogP contribution in [0.25, 0.3) is 0 Å². The second-order valence-corrected chi connectivity index (χ2v) is 8.26. The van der Waals surface area contributed by atoms with Gasteiger partial charge in [0.2, 0.25) is 5.91 Å². The van der Waals surface area contributed by atoms with Crippen LogP contribution in [-0.2, 0) is 17.9 Å². The van der Waals surface area contributed by atoms with E-state index in [1.807, 2.05) is 60.0 Å². The van der Waals surface area contributed by atoms with E-state index < -0.39 is 0 Å². The number of hydrogen-bond donors (Lipinski definition) is 1. The summed E-state index contributed by atoms with van der Waals surface area (Å²) >= 11 is 1.35. The molecular weight excluding hydrogens is 408 g/mol. The molecule has 0 saturated heterocycles. The molecule has 0 aliphatic rings. The summed E-state index contributed by atoms with van der Waals surface area (Å²) in [6.45, 7) is 10.8. The van der Waals surface area contributed by atoms with E-state index in [0.29, 0.717) is 24.1 Å². The number of carbonyl (C=O) groups is 1. The first-order valence-electron chi connectivity index (χ1n) is 10.2. The minimum atomic E-state index is -0.0535. The molecule has 0 bridgehead atoms. The molecule has 7 heteroatoms. The zero-order valence-electron chi connectivity index (χ0n) is 18.2. The average Bonchev–Trinajstić information content (AvgIpc) is 3.15. The van der Waals surface area contributed by atoms with Crippen LogP contribution < -0.4 is 10.1 Å². The number of thioether (sulfide) groups is 1. The van der Waals surface area contributed by atoms with Gasteiger partial charge in [-0.05, 0) is 49.6 Å². The number of nitrogens with one attached hydrogen (secondary N) is 1. The maximum atomic E-state index is 12.4. The fraction of sp³-hybridized carbons (Fsp3) is 0.292. The van der Waals surface area contributed by atoms with Gasteiger partial charge in [0.05, 0.1) is 11.8 Å². The number of hydrogen-bond acceptors (Lipinski definition) is 5.